The van der Waals surface area contributed by atoms with Crippen molar-refractivity contribution in [2.75, 3.05) is 13.1 Å². The molecule has 0 rings (SSSR count). The fourth-order valence-electron chi connectivity index (χ4n) is 6.32. The third-order valence-electron chi connectivity index (χ3n) is 9.31. The van der Waals surface area contributed by atoms with Crippen molar-refractivity contribution >= 4 is 0 Å². The van der Waals surface area contributed by atoms with Crippen molar-refractivity contribution in [1.82, 2.24) is 4.90 Å². The first-order chi connectivity index (χ1) is 19.1. The minimum absolute atomic E-state index is 0.375. The summed E-state index contributed by atoms with van der Waals surface area (Å²) in [6.07, 6.45) is 43.2. The van der Waals surface area contributed by atoms with Gasteiger partial charge in [0.05, 0.1) is 0 Å². The van der Waals surface area contributed by atoms with E-state index in [0.29, 0.717) is 5.54 Å². The van der Waals surface area contributed by atoms with Crippen LogP contribution in [0.4, 0.5) is 0 Å². The standard InChI is InChI=1S/C38H79N/c1-6-9-12-15-18-20-22-24-27-30-33-36-39(38(4,5)35-32-29-26-17-14-11-8-3)37-34-31-28-25-23-21-19-16-13-10-7-2/h6-37H2,1-5H3. The van der Waals surface area contributed by atoms with E-state index < -0.39 is 0 Å². The summed E-state index contributed by atoms with van der Waals surface area (Å²) in [4.78, 5) is 2.91. The Morgan fingerprint density at radius 3 is 0.821 bits per heavy atom. The van der Waals surface area contributed by atoms with E-state index in [2.05, 4.69) is 39.5 Å². The van der Waals surface area contributed by atoms with E-state index in [4.69, 9.17) is 0 Å². The smallest absolute Gasteiger partial charge is 0.0153 e. The molecule has 0 atom stereocenters. The summed E-state index contributed by atoms with van der Waals surface area (Å²) in [5, 5.41) is 0. The number of unbranched alkanes of at least 4 members (excludes halogenated alkanes) is 26. The topological polar surface area (TPSA) is 3.24 Å². The molecule has 0 saturated heterocycles. The van der Waals surface area contributed by atoms with Crippen molar-refractivity contribution < 1.29 is 0 Å². The summed E-state index contributed by atoms with van der Waals surface area (Å²) in [6.45, 7) is 14.7. The SMILES string of the molecule is CCCCCCCCCCCCCN(CCCCCCCCCCCCC)C(C)(C)CCCCCCCCC. The van der Waals surface area contributed by atoms with Gasteiger partial charge in [-0.05, 0) is 46.2 Å². The van der Waals surface area contributed by atoms with Crippen LogP contribution in [0.25, 0.3) is 0 Å². The number of hydrogen-bond donors (Lipinski definition) is 0. The monoisotopic (exact) mass is 550 g/mol. The molecule has 0 aromatic carbocycles. The summed E-state index contributed by atoms with van der Waals surface area (Å²) in [7, 11) is 0. The van der Waals surface area contributed by atoms with Crippen LogP contribution in [0, 0.1) is 0 Å². The van der Waals surface area contributed by atoms with Crippen LogP contribution >= 0.6 is 0 Å². The van der Waals surface area contributed by atoms with Gasteiger partial charge in [0.2, 0.25) is 0 Å². The normalized spacial score (nSPS) is 12.2. The summed E-state index contributed by atoms with van der Waals surface area (Å²) < 4.78 is 0. The lowest BCUT2D eigenvalue weighted by Crippen LogP contribution is -2.45. The van der Waals surface area contributed by atoms with Gasteiger partial charge >= 0.3 is 0 Å². The van der Waals surface area contributed by atoms with E-state index in [1.165, 1.54) is 206 Å². The molecule has 0 aliphatic heterocycles. The molecule has 236 valence electrons. The molecule has 0 aliphatic carbocycles. The van der Waals surface area contributed by atoms with E-state index in [0.717, 1.165) is 0 Å². The van der Waals surface area contributed by atoms with E-state index in [9.17, 15) is 0 Å². The lowest BCUT2D eigenvalue weighted by atomic mass is 9.93. The van der Waals surface area contributed by atoms with E-state index in [1.807, 2.05) is 0 Å². The molecular formula is C38H79N. The van der Waals surface area contributed by atoms with Gasteiger partial charge in [-0.1, -0.05) is 194 Å². The number of nitrogens with zero attached hydrogens (tertiary/aromatic N) is 1. The third-order valence-corrected chi connectivity index (χ3v) is 9.31. The Labute approximate surface area is 250 Å². The van der Waals surface area contributed by atoms with Crippen LogP contribution in [0.1, 0.15) is 227 Å². The van der Waals surface area contributed by atoms with Gasteiger partial charge in [0, 0.05) is 5.54 Å². The lowest BCUT2D eigenvalue weighted by molar-refractivity contribution is 0.102. The van der Waals surface area contributed by atoms with Crippen LogP contribution in [0.15, 0.2) is 0 Å². The predicted octanol–water partition coefficient (Wildman–Crippen LogP) is 13.8. The van der Waals surface area contributed by atoms with Crippen LogP contribution in [0.3, 0.4) is 0 Å². The van der Waals surface area contributed by atoms with Crippen LogP contribution < -0.4 is 0 Å². The molecule has 0 unspecified atom stereocenters. The highest BCUT2D eigenvalue weighted by Gasteiger charge is 2.25. The molecule has 1 nitrogen and oxygen atoms in total. The second-order valence-corrected chi connectivity index (χ2v) is 13.7. The predicted molar refractivity (Wildman–Crippen MR) is 181 cm³/mol. The van der Waals surface area contributed by atoms with Crippen molar-refractivity contribution in [3.05, 3.63) is 0 Å². The van der Waals surface area contributed by atoms with E-state index >= 15 is 0 Å². The molecule has 0 bridgehead atoms. The average molecular weight is 550 g/mol. The molecule has 1 heteroatoms. The second-order valence-electron chi connectivity index (χ2n) is 13.7. The summed E-state index contributed by atoms with van der Waals surface area (Å²) in [5.41, 5.74) is 0.375. The molecule has 0 aliphatic rings. The van der Waals surface area contributed by atoms with Crippen molar-refractivity contribution in [2.45, 2.75) is 233 Å². The third kappa shape index (κ3) is 27.9. The molecule has 0 radical (unpaired) electrons. The van der Waals surface area contributed by atoms with Gasteiger partial charge in [0.1, 0.15) is 0 Å². The minimum atomic E-state index is 0.375. The lowest BCUT2D eigenvalue weighted by Gasteiger charge is -2.39. The Hall–Kier alpha value is -0.0400. The van der Waals surface area contributed by atoms with Crippen molar-refractivity contribution in [3.63, 3.8) is 0 Å². The molecule has 0 amide bonds. The first-order valence-electron chi connectivity index (χ1n) is 18.8. The van der Waals surface area contributed by atoms with Gasteiger partial charge in [0.25, 0.3) is 0 Å². The zero-order chi connectivity index (χ0) is 28.7. The minimum Gasteiger partial charge on any atom is -0.298 e. The van der Waals surface area contributed by atoms with Crippen LogP contribution in [-0.2, 0) is 0 Å². The van der Waals surface area contributed by atoms with Crippen molar-refractivity contribution in [3.8, 4) is 0 Å². The number of rotatable bonds is 33. The zero-order valence-electron chi connectivity index (χ0n) is 28.6. The molecule has 0 saturated carbocycles. The van der Waals surface area contributed by atoms with E-state index in [1.54, 1.807) is 0 Å². The highest BCUT2D eigenvalue weighted by atomic mass is 15.2. The first kappa shape index (κ1) is 39.0. The fraction of sp³-hybridized carbons (Fsp3) is 1.00. The highest BCUT2D eigenvalue weighted by molar-refractivity contribution is 4.81. The largest absolute Gasteiger partial charge is 0.298 e. The molecular weight excluding hydrogens is 470 g/mol. The summed E-state index contributed by atoms with van der Waals surface area (Å²) in [6, 6.07) is 0. The maximum absolute atomic E-state index is 2.91. The first-order valence-corrected chi connectivity index (χ1v) is 18.8. The van der Waals surface area contributed by atoms with E-state index in [-0.39, 0.29) is 0 Å². The maximum atomic E-state index is 2.91. The van der Waals surface area contributed by atoms with Gasteiger partial charge < -0.3 is 0 Å². The Bertz CT molecular complexity index is 416. The Morgan fingerprint density at radius 2 is 0.538 bits per heavy atom. The molecule has 39 heavy (non-hydrogen) atoms. The molecule has 0 aromatic heterocycles. The highest BCUT2D eigenvalue weighted by Crippen LogP contribution is 2.25. The van der Waals surface area contributed by atoms with Gasteiger partial charge in [-0.2, -0.15) is 0 Å². The Balaban J connectivity index is 4.19. The quantitative estimate of drug-likeness (QED) is 0.0736. The van der Waals surface area contributed by atoms with Crippen molar-refractivity contribution in [1.29, 1.82) is 0 Å². The molecule has 0 spiro atoms. The molecule has 0 fully saturated rings. The van der Waals surface area contributed by atoms with Gasteiger partial charge in [-0.25, -0.2) is 0 Å². The van der Waals surface area contributed by atoms with Crippen LogP contribution in [0.2, 0.25) is 0 Å². The van der Waals surface area contributed by atoms with Crippen LogP contribution in [0.5, 0.6) is 0 Å². The molecule has 0 N–H and O–H groups in total. The Kier molecular flexibility index (Phi) is 30.9. The fourth-order valence-corrected chi connectivity index (χ4v) is 6.32. The number of hydrogen-bond acceptors (Lipinski definition) is 1. The van der Waals surface area contributed by atoms with Crippen LogP contribution in [-0.4, -0.2) is 23.5 Å². The molecule has 0 aromatic rings. The zero-order valence-corrected chi connectivity index (χ0v) is 28.6. The summed E-state index contributed by atoms with van der Waals surface area (Å²) >= 11 is 0. The molecule has 0 heterocycles. The average Bonchev–Trinajstić information content (AvgIpc) is 2.92. The van der Waals surface area contributed by atoms with Crippen molar-refractivity contribution in [2.24, 2.45) is 0 Å². The summed E-state index contributed by atoms with van der Waals surface area (Å²) in [5.74, 6) is 0. The maximum Gasteiger partial charge on any atom is 0.0153 e. The Morgan fingerprint density at radius 1 is 0.308 bits per heavy atom. The van der Waals surface area contributed by atoms with Gasteiger partial charge in [-0.3, -0.25) is 4.90 Å². The van der Waals surface area contributed by atoms with Gasteiger partial charge in [0.15, 0.2) is 0 Å². The van der Waals surface area contributed by atoms with Gasteiger partial charge in [-0.15, -0.1) is 0 Å². The second kappa shape index (κ2) is 30.9.